The van der Waals surface area contributed by atoms with E-state index < -0.39 is 0 Å². The first-order valence-corrected chi connectivity index (χ1v) is 12.9. The predicted molar refractivity (Wildman–Crippen MR) is 142 cm³/mol. The molecule has 4 rings (SSSR count). The minimum absolute atomic E-state index is 0.0418. The highest BCUT2D eigenvalue weighted by Gasteiger charge is 2.28. The Balaban J connectivity index is 1.72. The smallest absolute Gasteiger partial charge is 0.257 e. The van der Waals surface area contributed by atoms with Gasteiger partial charge in [0.15, 0.2) is 0 Å². The van der Waals surface area contributed by atoms with E-state index in [-0.39, 0.29) is 24.5 Å². The summed E-state index contributed by atoms with van der Waals surface area (Å²) in [4.78, 5) is 30.5. The van der Waals surface area contributed by atoms with E-state index in [1.54, 1.807) is 30.1 Å². The number of halogens is 2. The number of hydrogen-bond donors (Lipinski definition) is 0. The van der Waals surface area contributed by atoms with Crippen LogP contribution in [0.25, 0.3) is 0 Å². The Morgan fingerprint density at radius 1 is 1.03 bits per heavy atom. The summed E-state index contributed by atoms with van der Waals surface area (Å²) in [6, 6.07) is 22.5. The van der Waals surface area contributed by atoms with Crippen LogP contribution in [-0.4, -0.2) is 54.4 Å². The number of nitrogens with zero attached hydrogens (tertiary/aromatic N) is 2. The lowest BCUT2D eigenvalue weighted by molar-refractivity contribution is 0.0589. The van der Waals surface area contributed by atoms with Crippen molar-refractivity contribution >= 4 is 39.3 Å². The van der Waals surface area contributed by atoms with Crippen LogP contribution in [0.1, 0.15) is 39.1 Å². The van der Waals surface area contributed by atoms with Gasteiger partial charge in [-0.25, -0.2) is 0 Å². The molecule has 5 nitrogen and oxygen atoms in total. The number of hydrogen-bond acceptors (Lipinski definition) is 3. The van der Waals surface area contributed by atoms with Gasteiger partial charge in [-0.05, 0) is 71.1 Å². The molecule has 2 amide bonds. The second-order valence-corrected chi connectivity index (χ2v) is 10.00. The van der Waals surface area contributed by atoms with Gasteiger partial charge in [-0.3, -0.25) is 9.59 Å². The Morgan fingerprint density at radius 3 is 2.51 bits per heavy atom. The Morgan fingerprint density at radius 2 is 1.74 bits per heavy atom. The van der Waals surface area contributed by atoms with Crippen molar-refractivity contribution < 1.29 is 14.3 Å². The van der Waals surface area contributed by atoms with Crippen molar-refractivity contribution in [3.05, 3.63) is 99.0 Å². The number of carbonyl (C=O) groups excluding carboxylic acids is 2. The zero-order valence-electron chi connectivity index (χ0n) is 19.6. The van der Waals surface area contributed by atoms with Gasteiger partial charge in [0.05, 0.1) is 17.2 Å². The molecule has 0 N–H and O–H groups in total. The third kappa shape index (κ3) is 6.24. The molecule has 0 aliphatic carbocycles. The van der Waals surface area contributed by atoms with Gasteiger partial charge in [-0.15, -0.1) is 0 Å². The van der Waals surface area contributed by atoms with Crippen LogP contribution in [0.3, 0.4) is 0 Å². The second kappa shape index (κ2) is 11.7. The van der Waals surface area contributed by atoms with E-state index >= 15 is 0 Å². The molecular weight excluding hydrogens is 528 g/mol. The van der Waals surface area contributed by atoms with Gasteiger partial charge in [0.1, 0.15) is 12.4 Å². The molecule has 0 aromatic heterocycles. The first-order chi connectivity index (χ1) is 16.9. The molecule has 35 heavy (non-hydrogen) atoms. The van der Waals surface area contributed by atoms with Gasteiger partial charge in [0.2, 0.25) is 0 Å². The molecule has 0 bridgehead atoms. The third-order valence-electron chi connectivity index (χ3n) is 6.21. The number of benzene rings is 3. The molecule has 0 radical (unpaired) electrons. The summed E-state index contributed by atoms with van der Waals surface area (Å²) in [6.45, 7) is 1.39. The molecule has 0 fully saturated rings. The maximum absolute atomic E-state index is 13.8. The molecule has 3 aromatic carbocycles. The average Bonchev–Trinajstić information content (AvgIpc) is 2.86. The molecule has 0 spiro atoms. The lowest BCUT2D eigenvalue weighted by Gasteiger charge is -2.33. The number of fused-ring (bicyclic) bond motifs is 1. The number of carbonyl (C=O) groups is 2. The van der Waals surface area contributed by atoms with Crippen molar-refractivity contribution in [3.63, 3.8) is 0 Å². The SMILES string of the molecule is CN1CCCCN(C(=O)c2ccccc2Br)[C@@H](Cc2ccccc2)COc2ccc(Cl)cc2C1=O. The largest absolute Gasteiger partial charge is 0.491 e. The zero-order valence-corrected chi connectivity index (χ0v) is 22.0. The zero-order chi connectivity index (χ0) is 24.8. The summed E-state index contributed by atoms with van der Waals surface area (Å²) in [6.07, 6.45) is 2.17. The van der Waals surface area contributed by atoms with Crippen LogP contribution in [0.15, 0.2) is 77.3 Å². The van der Waals surface area contributed by atoms with Crippen LogP contribution < -0.4 is 4.74 Å². The fraction of sp³-hybridized carbons (Fsp3) is 0.286. The van der Waals surface area contributed by atoms with Crippen molar-refractivity contribution in [1.82, 2.24) is 9.80 Å². The van der Waals surface area contributed by atoms with Crippen molar-refractivity contribution in [2.75, 3.05) is 26.7 Å². The molecule has 1 atom stereocenters. The first-order valence-electron chi connectivity index (χ1n) is 11.7. The minimum atomic E-state index is -0.229. The van der Waals surface area contributed by atoms with Gasteiger partial charge >= 0.3 is 0 Å². The van der Waals surface area contributed by atoms with Crippen LogP contribution in [0.4, 0.5) is 0 Å². The summed E-state index contributed by atoms with van der Waals surface area (Å²) in [5.41, 5.74) is 2.17. The quantitative estimate of drug-likeness (QED) is 0.392. The normalized spacial score (nSPS) is 17.1. The number of amides is 2. The fourth-order valence-corrected chi connectivity index (χ4v) is 4.93. The van der Waals surface area contributed by atoms with Crippen molar-refractivity contribution in [3.8, 4) is 5.75 Å². The lowest BCUT2D eigenvalue weighted by Crippen LogP contribution is -2.46. The van der Waals surface area contributed by atoms with Crippen LogP contribution in [0.5, 0.6) is 5.75 Å². The first kappa shape index (κ1) is 25.3. The van der Waals surface area contributed by atoms with Gasteiger partial charge in [0, 0.05) is 29.6 Å². The van der Waals surface area contributed by atoms with Gasteiger partial charge in [0.25, 0.3) is 11.8 Å². The van der Waals surface area contributed by atoms with Crippen LogP contribution >= 0.6 is 27.5 Å². The number of ether oxygens (including phenoxy) is 1. The van der Waals surface area contributed by atoms with Crippen molar-refractivity contribution in [1.29, 1.82) is 0 Å². The molecule has 182 valence electrons. The van der Waals surface area contributed by atoms with Crippen LogP contribution in [-0.2, 0) is 6.42 Å². The van der Waals surface area contributed by atoms with Gasteiger partial charge < -0.3 is 14.5 Å². The molecule has 1 aliphatic heterocycles. The Kier molecular flexibility index (Phi) is 8.47. The third-order valence-corrected chi connectivity index (χ3v) is 7.14. The average molecular weight is 556 g/mol. The van der Waals surface area contributed by atoms with E-state index in [2.05, 4.69) is 28.1 Å². The van der Waals surface area contributed by atoms with E-state index in [1.807, 2.05) is 47.4 Å². The summed E-state index contributed by atoms with van der Waals surface area (Å²) >= 11 is 9.76. The maximum atomic E-state index is 13.8. The van der Waals surface area contributed by atoms with Crippen LogP contribution in [0.2, 0.25) is 5.02 Å². The summed E-state index contributed by atoms with van der Waals surface area (Å²) in [7, 11) is 1.78. The van der Waals surface area contributed by atoms with E-state index in [1.165, 1.54) is 0 Å². The Hall–Kier alpha value is -2.83. The molecule has 1 heterocycles. The highest BCUT2D eigenvalue weighted by molar-refractivity contribution is 9.10. The van der Waals surface area contributed by atoms with Gasteiger partial charge in [-0.1, -0.05) is 54.1 Å². The van der Waals surface area contributed by atoms with Crippen LogP contribution in [0, 0.1) is 0 Å². The Labute approximate surface area is 219 Å². The summed E-state index contributed by atoms with van der Waals surface area (Å²) in [5.74, 6) is 0.307. The van der Waals surface area contributed by atoms with Crippen molar-refractivity contribution in [2.24, 2.45) is 0 Å². The number of rotatable bonds is 3. The standard InChI is InChI=1S/C28H28BrClN2O3/c1-31-15-7-8-16-32(28(34)23-11-5-6-12-25(23)29)22(17-20-9-3-2-4-10-20)19-35-26-14-13-21(30)18-24(26)27(31)33/h2-6,9-14,18,22H,7-8,15-17,19H2,1H3/t22-/m0/s1. The molecular formula is C28H28BrClN2O3. The monoisotopic (exact) mass is 554 g/mol. The second-order valence-electron chi connectivity index (χ2n) is 8.71. The maximum Gasteiger partial charge on any atom is 0.257 e. The summed E-state index contributed by atoms with van der Waals surface area (Å²) < 4.78 is 7.02. The highest BCUT2D eigenvalue weighted by atomic mass is 79.9. The van der Waals surface area contributed by atoms with Crippen molar-refractivity contribution in [2.45, 2.75) is 25.3 Å². The summed E-state index contributed by atoms with van der Waals surface area (Å²) in [5, 5.41) is 0.479. The molecule has 1 aliphatic rings. The van der Waals surface area contributed by atoms with E-state index in [0.29, 0.717) is 41.4 Å². The molecule has 0 saturated carbocycles. The molecule has 0 unspecified atom stereocenters. The van der Waals surface area contributed by atoms with E-state index in [4.69, 9.17) is 16.3 Å². The molecule has 0 saturated heterocycles. The minimum Gasteiger partial charge on any atom is -0.491 e. The topological polar surface area (TPSA) is 49.9 Å². The Bertz CT molecular complexity index is 1190. The predicted octanol–water partition coefficient (Wildman–Crippen LogP) is 6.10. The lowest BCUT2D eigenvalue weighted by atomic mass is 10.0. The van der Waals surface area contributed by atoms with Gasteiger partial charge in [-0.2, -0.15) is 0 Å². The molecule has 7 heteroatoms. The molecule has 3 aromatic rings. The fourth-order valence-electron chi connectivity index (χ4n) is 4.30. The van der Waals surface area contributed by atoms with E-state index in [9.17, 15) is 9.59 Å². The van der Waals surface area contributed by atoms with E-state index in [0.717, 1.165) is 22.9 Å². The highest BCUT2D eigenvalue weighted by Crippen LogP contribution is 2.27.